The summed E-state index contributed by atoms with van der Waals surface area (Å²) < 4.78 is 24.7. The molecular weight excluding hydrogens is 377 g/mol. The molecular formula is C21H26FN3O2S. The van der Waals surface area contributed by atoms with Crippen molar-refractivity contribution < 1.29 is 13.9 Å². The lowest BCUT2D eigenvalue weighted by atomic mass is 10.2. The Balaban J connectivity index is 1.68. The number of hydrogen-bond acceptors (Lipinski definition) is 4. The van der Waals surface area contributed by atoms with E-state index in [0.717, 1.165) is 50.7 Å². The van der Waals surface area contributed by atoms with Crippen molar-refractivity contribution in [3.63, 3.8) is 0 Å². The average molecular weight is 404 g/mol. The quantitative estimate of drug-likeness (QED) is 0.715. The predicted octanol–water partition coefficient (Wildman–Crippen LogP) is 3.37. The highest BCUT2D eigenvalue weighted by molar-refractivity contribution is 7.80. The van der Waals surface area contributed by atoms with Crippen molar-refractivity contribution in [1.29, 1.82) is 0 Å². The molecule has 7 heteroatoms. The van der Waals surface area contributed by atoms with Crippen LogP contribution in [0.1, 0.15) is 5.56 Å². The van der Waals surface area contributed by atoms with E-state index in [1.165, 1.54) is 6.07 Å². The van der Waals surface area contributed by atoms with Crippen LogP contribution in [0.2, 0.25) is 0 Å². The minimum atomic E-state index is -0.317. The molecule has 3 rings (SSSR count). The van der Waals surface area contributed by atoms with E-state index in [1.54, 1.807) is 25.3 Å². The van der Waals surface area contributed by atoms with Gasteiger partial charge in [-0.1, -0.05) is 24.3 Å². The molecule has 0 aliphatic carbocycles. The van der Waals surface area contributed by atoms with Gasteiger partial charge in [-0.3, -0.25) is 4.90 Å². The van der Waals surface area contributed by atoms with E-state index in [-0.39, 0.29) is 5.82 Å². The fourth-order valence-corrected chi connectivity index (χ4v) is 3.31. The van der Waals surface area contributed by atoms with Crippen LogP contribution in [0, 0.1) is 5.82 Å². The summed E-state index contributed by atoms with van der Waals surface area (Å²) in [7, 11) is 1.65. The van der Waals surface area contributed by atoms with E-state index < -0.39 is 0 Å². The van der Waals surface area contributed by atoms with Crippen molar-refractivity contribution in [3.05, 3.63) is 59.9 Å². The Hall–Kier alpha value is -2.22. The summed E-state index contributed by atoms with van der Waals surface area (Å²) in [4.78, 5) is 4.43. The molecule has 2 aromatic rings. The standard InChI is InChI=1S/C21H26FN3O2S/c1-26-18-8-6-17(7-9-18)16-25(11-10-24-12-14-27-15-13-24)21(28)23-20-5-3-2-4-19(20)22/h2-9H,10-16H2,1H3,(H,23,28). The van der Waals surface area contributed by atoms with Gasteiger partial charge >= 0.3 is 0 Å². The summed E-state index contributed by atoms with van der Waals surface area (Å²) in [5, 5.41) is 3.56. The Morgan fingerprint density at radius 3 is 2.57 bits per heavy atom. The van der Waals surface area contributed by atoms with E-state index in [2.05, 4.69) is 15.1 Å². The fourth-order valence-electron chi connectivity index (χ4n) is 3.05. The van der Waals surface area contributed by atoms with Gasteiger partial charge in [0.1, 0.15) is 11.6 Å². The normalized spacial score (nSPS) is 14.5. The van der Waals surface area contributed by atoms with Crippen LogP contribution in [-0.4, -0.2) is 61.4 Å². The van der Waals surface area contributed by atoms with E-state index in [0.29, 0.717) is 17.3 Å². The molecule has 2 aromatic carbocycles. The van der Waals surface area contributed by atoms with Crippen LogP contribution in [-0.2, 0) is 11.3 Å². The zero-order chi connectivity index (χ0) is 19.8. The molecule has 0 unspecified atom stereocenters. The van der Waals surface area contributed by atoms with Crippen molar-refractivity contribution in [2.24, 2.45) is 0 Å². The Bertz CT molecular complexity index is 767. The van der Waals surface area contributed by atoms with Crippen LogP contribution < -0.4 is 10.1 Å². The topological polar surface area (TPSA) is 37.0 Å². The van der Waals surface area contributed by atoms with Gasteiger partial charge in [-0.15, -0.1) is 0 Å². The zero-order valence-electron chi connectivity index (χ0n) is 16.1. The smallest absolute Gasteiger partial charge is 0.173 e. The van der Waals surface area contributed by atoms with Gasteiger partial charge in [0, 0.05) is 32.7 Å². The molecule has 28 heavy (non-hydrogen) atoms. The number of anilines is 1. The number of morpholine rings is 1. The molecule has 0 spiro atoms. The van der Waals surface area contributed by atoms with Crippen molar-refractivity contribution in [2.75, 3.05) is 51.8 Å². The number of para-hydroxylation sites is 1. The highest BCUT2D eigenvalue weighted by atomic mass is 32.1. The molecule has 0 saturated carbocycles. The number of rotatable bonds is 7. The SMILES string of the molecule is COc1ccc(CN(CCN2CCOCC2)C(=S)Nc2ccccc2F)cc1. The van der Waals surface area contributed by atoms with Gasteiger partial charge in [0.05, 0.1) is 26.0 Å². The maximum absolute atomic E-state index is 14.0. The van der Waals surface area contributed by atoms with Gasteiger partial charge in [-0.25, -0.2) is 4.39 Å². The molecule has 1 aliphatic rings. The number of methoxy groups -OCH3 is 1. The fraction of sp³-hybridized carbons (Fsp3) is 0.381. The van der Waals surface area contributed by atoms with E-state index >= 15 is 0 Å². The maximum Gasteiger partial charge on any atom is 0.173 e. The number of benzene rings is 2. The molecule has 1 saturated heterocycles. The average Bonchev–Trinajstić information content (AvgIpc) is 2.74. The van der Waals surface area contributed by atoms with Gasteiger partial charge in [-0.2, -0.15) is 0 Å². The maximum atomic E-state index is 14.0. The molecule has 0 atom stereocenters. The first-order valence-corrected chi connectivity index (χ1v) is 9.80. The van der Waals surface area contributed by atoms with Crippen LogP contribution >= 0.6 is 12.2 Å². The molecule has 1 fully saturated rings. The Labute approximate surface area is 171 Å². The van der Waals surface area contributed by atoms with Crippen LogP contribution in [0.3, 0.4) is 0 Å². The Morgan fingerprint density at radius 2 is 1.89 bits per heavy atom. The summed E-state index contributed by atoms with van der Waals surface area (Å²) >= 11 is 5.61. The zero-order valence-corrected chi connectivity index (χ0v) is 16.9. The van der Waals surface area contributed by atoms with Crippen molar-refractivity contribution in [2.45, 2.75) is 6.54 Å². The molecule has 0 bridgehead atoms. The van der Waals surface area contributed by atoms with E-state index in [9.17, 15) is 4.39 Å². The Kier molecular flexibility index (Phi) is 7.59. The number of nitrogens with one attached hydrogen (secondary N) is 1. The second-order valence-corrected chi connectivity index (χ2v) is 7.02. The third-order valence-electron chi connectivity index (χ3n) is 4.73. The molecule has 0 amide bonds. The minimum absolute atomic E-state index is 0.317. The molecule has 1 aliphatic heterocycles. The monoisotopic (exact) mass is 403 g/mol. The molecule has 0 aromatic heterocycles. The summed E-state index contributed by atoms with van der Waals surface area (Å²) in [5.74, 6) is 0.498. The van der Waals surface area contributed by atoms with Gasteiger partial charge < -0.3 is 19.7 Å². The van der Waals surface area contributed by atoms with Crippen LogP contribution in [0.25, 0.3) is 0 Å². The summed E-state index contributed by atoms with van der Waals surface area (Å²) in [5.41, 5.74) is 1.50. The van der Waals surface area contributed by atoms with E-state index in [1.807, 2.05) is 24.3 Å². The van der Waals surface area contributed by atoms with Gasteiger partial charge in [0.15, 0.2) is 5.11 Å². The van der Waals surface area contributed by atoms with Crippen molar-refractivity contribution in [1.82, 2.24) is 9.80 Å². The van der Waals surface area contributed by atoms with Gasteiger partial charge in [0.25, 0.3) is 0 Å². The lowest BCUT2D eigenvalue weighted by Crippen LogP contribution is -2.44. The molecule has 5 nitrogen and oxygen atoms in total. The third-order valence-corrected chi connectivity index (χ3v) is 5.09. The summed E-state index contributed by atoms with van der Waals surface area (Å²) in [6.07, 6.45) is 0. The second kappa shape index (κ2) is 10.4. The van der Waals surface area contributed by atoms with Crippen LogP contribution in [0.4, 0.5) is 10.1 Å². The number of halogens is 1. The lowest BCUT2D eigenvalue weighted by Gasteiger charge is -2.31. The molecule has 1 heterocycles. The van der Waals surface area contributed by atoms with Crippen LogP contribution in [0.5, 0.6) is 5.75 Å². The number of hydrogen-bond donors (Lipinski definition) is 1. The number of nitrogens with zero attached hydrogens (tertiary/aromatic N) is 2. The molecule has 0 radical (unpaired) electrons. The highest BCUT2D eigenvalue weighted by Gasteiger charge is 2.16. The Morgan fingerprint density at radius 1 is 1.18 bits per heavy atom. The predicted molar refractivity (Wildman–Crippen MR) is 113 cm³/mol. The van der Waals surface area contributed by atoms with E-state index in [4.69, 9.17) is 21.7 Å². The van der Waals surface area contributed by atoms with Crippen molar-refractivity contribution in [3.8, 4) is 5.75 Å². The minimum Gasteiger partial charge on any atom is -0.497 e. The third kappa shape index (κ3) is 5.89. The number of ether oxygens (including phenoxy) is 2. The first-order chi connectivity index (χ1) is 13.7. The largest absolute Gasteiger partial charge is 0.497 e. The molecule has 150 valence electrons. The summed E-state index contributed by atoms with van der Waals surface area (Å²) in [6.45, 7) is 5.61. The number of thiocarbonyl (C=S) groups is 1. The lowest BCUT2D eigenvalue weighted by molar-refractivity contribution is 0.0358. The van der Waals surface area contributed by atoms with Gasteiger partial charge in [-0.05, 0) is 42.0 Å². The van der Waals surface area contributed by atoms with Crippen molar-refractivity contribution >= 4 is 23.0 Å². The molecule has 1 N–H and O–H groups in total. The van der Waals surface area contributed by atoms with Crippen LogP contribution in [0.15, 0.2) is 48.5 Å². The highest BCUT2D eigenvalue weighted by Crippen LogP contribution is 2.16. The first-order valence-electron chi connectivity index (χ1n) is 9.39. The second-order valence-electron chi connectivity index (χ2n) is 6.63. The first kappa shape index (κ1) is 20.5. The summed E-state index contributed by atoms with van der Waals surface area (Å²) in [6, 6.07) is 14.5. The van der Waals surface area contributed by atoms with Gasteiger partial charge in [0.2, 0.25) is 0 Å².